The Bertz CT molecular complexity index is 1400. The van der Waals surface area contributed by atoms with Crippen LogP contribution in [0.3, 0.4) is 0 Å². The fraction of sp³-hybridized carbons (Fsp3) is 0.611. The minimum Gasteiger partial charge on any atom is -0.466 e. The molecule has 5 atom stereocenters. The monoisotopic (exact) mass is 699 g/mol. The molecule has 0 saturated carbocycles. The molecule has 1 aliphatic heterocycles. The van der Waals surface area contributed by atoms with Crippen LogP contribution < -0.4 is 10.6 Å². The molecule has 2 N–H and O–H groups in total. The fourth-order valence-corrected chi connectivity index (χ4v) is 7.03. The van der Waals surface area contributed by atoms with Crippen LogP contribution in [0.15, 0.2) is 35.7 Å². The van der Waals surface area contributed by atoms with Crippen LogP contribution >= 0.6 is 11.3 Å². The number of likely N-dealkylation sites (tertiary alicyclic amines) is 1. The molecule has 0 bridgehead atoms. The number of rotatable bonds is 17. The van der Waals surface area contributed by atoms with Gasteiger partial charge in [-0.25, -0.2) is 4.98 Å². The van der Waals surface area contributed by atoms with Crippen molar-refractivity contribution < 1.29 is 33.4 Å². The molecule has 270 valence electrons. The third-order valence-corrected chi connectivity index (χ3v) is 9.87. The van der Waals surface area contributed by atoms with Crippen molar-refractivity contribution >= 4 is 41.0 Å². The normalized spacial score (nSPS) is 17.3. The van der Waals surface area contributed by atoms with Crippen molar-refractivity contribution in [3.8, 4) is 0 Å². The average molecular weight is 700 g/mol. The zero-order valence-corrected chi connectivity index (χ0v) is 30.7. The number of ether oxygens (including phenoxy) is 2. The van der Waals surface area contributed by atoms with Crippen LogP contribution in [-0.4, -0.2) is 96.4 Å². The molecule has 3 rings (SSSR count). The van der Waals surface area contributed by atoms with Crippen LogP contribution in [0.4, 0.5) is 0 Å². The molecular weight excluding hydrogens is 646 g/mol. The van der Waals surface area contributed by atoms with E-state index in [9.17, 15) is 24.0 Å². The summed E-state index contributed by atoms with van der Waals surface area (Å²) in [5, 5.41) is 7.90. The van der Waals surface area contributed by atoms with Crippen LogP contribution in [0.2, 0.25) is 0 Å². The van der Waals surface area contributed by atoms with E-state index in [1.54, 1.807) is 31.2 Å². The van der Waals surface area contributed by atoms with E-state index in [1.807, 2.05) is 56.1 Å². The number of nitrogens with zero attached hydrogens (tertiary/aromatic N) is 3. The topological polar surface area (TPSA) is 147 Å². The Balaban J connectivity index is 1.72. The number of carbonyl (C=O) groups is 5. The van der Waals surface area contributed by atoms with E-state index in [1.165, 1.54) is 18.3 Å². The minimum atomic E-state index is -0.805. The van der Waals surface area contributed by atoms with Gasteiger partial charge in [0.25, 0.3) is 5.91 Å². The first-order valence-electron chi connectivity index (χ1n) is 17.2. The lowest BCUT2D eigenvalue weighted by molar-refractivity contribution is -0.149. The maximum absolute atomic E-state index is 13.5. The van der Waals surface area contributed by atoms with Crippen LogP contribution in [0.5, 0.6) is 0 Å². The van der Waals surface area contributed by atoms with Gasteiger partial charge in [0.05, 0.1) is 25.1 Å². The molecule has 0 radical (unpaired) electrons. The van der Waals surface area contributed by atoms with E-state index in [2.05, 4.69) is 15.6 Å². The molecule has 0 aliphatic carbocycles. The number of aromatic nitrogens is 1. The predicted molar refractivity (Wildman–Crippen MR) is 188 cm³/mol. The smallest absolute Gasteiger partial charge is 0.308 e. The molecule has 49 heavy (non-hydrogen) atoms. The molecule has 0 spiro atoms. The van der Waals surface area contributed by atoms with Gasteiger partial charge >= 0.3 is 11.9 Å². The summed E-state index contributed by atoms with van der Waals surface area (Å²) in [7, 11) is 3.60. The summed E-state index contributed by atoms with van der Waals surface area (Å²) in [6.45, 7) is 9.78. The minimum absolute atomic E-state index is 0.0185. The van der Waals surface area contributed by atoms with Crippen molar-refractivity contribution in [2.45, 2.75) is 97.4 Å². The van der Waals surface area contributed by atoms with Gasteiger partial charge in [-0.15, -0.1) is 11.3 Å². The largest absolute Gasteiger partial charge is 0.466 e. The van der Waals surface area contributed by atoms with Gasteiger partial charge in [0.2, 0.25) is 11.8 Å². The van der Waals surface area contributed by atoms with Gasteiger partial charge in [-0.1, -0.05) is 57.5 Å². The number of carbonyl (C=O) groups excluding carboxylic acids is 5. The number of amides is 3. The number of benzene rings is 1. The number of thiazole rings is 1. The molecule has 13 heteroatoms. The van der Waals surface area contributed by atoms with Crippen molar-refractivity contribution in [2.75, 3.05) is 33.8 Å². The standard InChI is InChI=1S/C36H53N5O7S/c1-8-47-36(46)24(4)18-27(19-26-14-10-9-11-15-26)38-33(44)28-22-49-35(39-28)31(48-25(5)42)20-30(23(2)3)41(7)32(43)21-37-34(45)29-16-12-13-17-40(29)6/h9-11,14-15,22-24,27,29-31H,8,12-13,16-21H2,1-7H3,(H,37,45)(H,38,44)/t24-,27+,29+,30+,31+/m0/s1. The Morgan fingerprint density at radius 2 is 1.80 bits per heavy atom. The first-order valence-corrected chi connectivity index (χ1v) is 18.1. The van der Waals surface area contributed by atoms with Gasteiger partial charge in [-0.2, -0.15) is 0 Å². The maximum atomic E-state index is 13.5. The highest BCUT2D eigenvalue weighted by Crippen LogP contribution is 2.30. The molecule has 3 amide bonds. The van der Waals surface area contributed by atoms with E-state index in [0.717, 1.165) is 31.4 Å². The highest BCUT2D eigenvalue weighted by Gasteiger charge is 2.32. The summed E-state index contributed by atoms with van der Waals surface area (Å²) in [6.07, 6.45) is 3.13. The third-order valence-electron chi connectivity index (χ3n) is 8.93. The summed E-state index contributed by atoms with van der Waals surface area (Å²) >= 11 is 1.20. The van der Waals surface area contributed by atoms with Crippen molar-refractivity contribution in [3.05, 3.63) is 52.0 Å². The third kappa shape index (κ3) is 12.2. The summed E-state index contributed by atoms with van der Waals surface area (Å²) < 4.78 is 10.9. The second-order valence-electron chi connectivity index (χ2n) is 13.2. The Labute approximate surface area is 294 Å². The van der Waals surface area contributed by atoms with E-state index in [4.69, 9.17) is 9.47 Å². The lowest BCUT2D eigenvalue weighted by Gasteiger charge is -2.34. The number of likely N-dealkylation sites (N-methyl/N-ethyl adjacent to an activating group) is 2. The van der Waals surface area contributed by atoms with E-state index in [-0.39, 0.29) is 67.1 Å². The fourth-order valence-electron chi connectivity index (χ4n) is 6.19. The van der Waals surface area contributed by atoms with Crippen molar-refractivity contribution in [1.82, 2.24) is 25.4 Å². The van der Waals surface area contributed by atoms with Gasteiger partial charge in [0.1, 0.15) is 10.7 Å². The Morgan fingerprint density at radius 3 is 2.43 bits per heavy atom. The number of hydrogen-bond acceptors (Lipinski definition) is 10. The lowest BCUT2D eigenvalue weighted by atomic mass is 9.96. The van der Waals surface area contributed by atoms with E-state index < -0.39 is 23.9 Å². The summed E-state index contributed by atoms with van der Waals surface area (Å²) in [4.78, 5) is 72.3. The van der Waals surface area contributed by atoms with Crippen LogP contribution in [-0.2, 0) is 35.1 Å². The van der Waals surface area contributed by atoms with Gasteiger partial charge in [0, 0.05) is 37.9 Å². The first-order chi connectivity index (χ1) is 23.3. The number of nitrogens with one attached hydrogen (secondary N) is 2. The van der Waals surface area contributed by atoms with Crippen molar-refractivity contribution in [1.29, 1.82) is 0 Å². The Morgan fingerprint density at radius 1 is 1.08 bits per heavy atom. The molecule has 1 fully saturated rings. The van der Waals surface area contributed by atoms with E-state index in [0.29, 0.717) is 17.8 Å². The molecule has 0 unspecified atom stereocenters. The van der Waals surface area contributed by atoms with Gasteiger partial charge < -0.3 is 25.0 Å². The molecule has 2 heterocycles. The zero-order chi connectivity index (χ0) is 36.1. The lowest BCUT2D eigenvalue weighted by Crippen LogP contribution is -2.51. The van der Waals surface area contributed by atoms with Gasteiger partial charge in [-0.05, 0) is 57.7 Å². The molecule has 1 aliphatic rings. The summed E-state index contributed by atoms with van der Waals surface area (Å²) in [5.74, 6) is -2.10. The first kappa shape index (κ1) is 39.6. The highest BCUT2D eigenvalue weighted by molar-refractivity contribution is 7.09. The molecule has 2 aromatic rings. The second-order valence-corrected chi connectivity index (χ2v) is 14.1. The van der Waals surface area contributed by atoms with Crippen LogP contribution in [0.1, 0.15) is 93.9 Å². The highest BCUT2D eigenvalue weighted by atomic mass is 32.1. The molecule has 1 aromatic heterocycles. The van der Waals surface area contributed by atoms with E-state index >= 15 is 0 Å². The van der Waals surface area contributed by atoms with Crippen molar-refractivity contribution in [2.24, 2.45) is 11.8 Å². The average Bonchev–Trinajstić information content (AvgIpc) is 3.56. The second kappa shape index (κ2) is 19.4. The molecule has 12 nitrogen and oxygen atoms in total. The Hall–Kier alpha value is -3.84. The predicted octanol–water partition coefficient (Wildman–Crippen LogP) is 4.15. The quantitative estimate of drug-likeness (QED) is 0.233. The molecule has 1 aromatic carbocycles. The number of piperidine rings is 1. The number of esters is 2. The van der Waals surface area contributed by atoms with Gasteiger partial charge in [-0.3, -0.25) is 28.9 Å². The summed E-state index contributed by atoms with van der Waals surface area (Å²) in [5.41, 5.74) is 1.18. The zero-order valence-electron chi connectivity index (χ0n) is 29.9. The van der Waals surface area contributed by atoms with Crippen molar-refractivity contribution in [3.63, 3.8) is 0 Å². The SMILES string of the molecule is CCOC(=O)[C@@H](C)C[C@H](Cc1ccccc1)NC(=O)c1csc([C@@H](C[C@H](C(C)C)N(C)C(=O)CNC(=O)[C@H]2CCCCN2C)OC(C)=O)n1. The summed E-state index contributed by atoms with van der Waals surface area (Å²) in [6, 6.07) is 8.73. The molecule has 1 saturated heterocycles. The maximum Gasteiger partial charge on any atom is 0.308 e. The number of hydrogen-bond donors (Lipinski definition) is 2. The van der Waals surface area contributed by atoms with Gasteiger partial charge in [0.15, 0.2) is 6.10 Å². The van der Waals surface area contributed by atoms with Crippen LogP contribution in [0, 0.1) is 11.8 Å². The van der Waals surface area contributed by atoms with Crippen LogP contribution in [0.25, 0.3) is 0 Å². The Kier molecular flexibility index (Phi) is 15.7. The molecular formula is C36H53N5O7S.